The van der Waals surface area contributed by atoms with E-state index in [1.54, 1.807) is 43.3 Å². The molecule has 0 radical (unpaired) electrons. The molecule has 0 spiro atoms. The molecule has 3 aromatic rings. The lowest BCUT2D eigenvalue weighted by Gasteiger charge is -2.25. The van der Waals surface area contributed by atoms with Crippen molar-refractivity contribution in [1.82, 2.24) is 0 Å². The highest BCUT2D eigenvalue weighted by Crippen LogP contribution is 2.34. The van der Waals surface area contributed by atoms with Gasteiger partial charge in [0, 0.05) is 23.4 Å². The minimum Gasteiger partial charge on any atom is -0.324 e. The fourth-order valence-corrected chi connectivity index (χ4v) is 3.46. The molecule has 0 fully saturated rings. The molecule has 0 saturated heterocycles. The molecule has 4 rings (SSSR count). The van der Waals surface area contributed by atoms with Gasteiger partial charge in [0.25, 0.3) is 5.91 Å². The average Bonchev–Trinajstić information content (AvgIpc) is 3.10. The molecule has 1 atom stereocenters. The summed E-state index contributed by atoms with van der Waals surface area (Å²) < 4.78 is 13.8. The van der Waals surface area contributed by atoms with E-state index in [-0.39, 0.29) is 17.6 Å². The highest BCUT2D eigenvalue weighted by atomic mass is 19.1. The van der Waals surface area contributed by atoms with Gasteiger partial charge in [-0.15, -0.1) is 0 Å². The van der Waals surface area contributed by atoms with E-state index in [4.69, 9.17) is 0 Å². The Morgan fingerprint density at radius 3 is 2.46 bits per heavy atom. The van der Waals surface area contributed by atoms with Gasteiger partial charge in [0.1, 0.15) is 11.9 Å². The Morgan fingerprint density at radius 2 is 1.71 bits per heavy atom. The van der Waals surface area contributed by atoms with Gasteiger partial charge < -0.3 is 5.32 Å². The van der Waals surface area contributed by atoms with Crippen molar-refractivity contribution in [3.8, 4) is 0 Å². The Balaban J connectivity index is 1.66. The van der Waals surface area contributed by atoms with Crippen molar-refractivity contribution in [2.45, 2.75) is 19.4 Å². The van der Waals surface area contributed by atoms with Crippen molar-refractivity contribution in [2.75, 3.05) is 10.2 Å². The van der Waals surface area contributed by atoms with E-state index in [0.29, 0.717) is 23.2 Å². The van der Waals surface area contributed by atoms with Crippen molar-refractivity contribution in [3.05, 3.63) is 95.3 Å². The van der Waals surface area contributed by atoms with Gasteiger partial charge in [-0.3, -0.25) is 14.5 Å². The van der Waals surface area contributed by atoms with Crippen LogP contribution >= 0.6 is 0 Å². The molecule has 4 nitrogen and oxygen atoms in total. The van der Waals surface area contributed by atoms with Crippen molar-refractivity contribution < 1.29 is 14.0 Å². The number of anilines is 2. The third kappa shape index (κ3) is 3.27. The first kappa shape index (κ1) is 17.9. The van der Waals surface area contributed by atoms with Gasteiger partial charge in [0.15, 0.2) is 0 Å². The maximum atomic E-state index is 13.8. The van der Waals surface area contributed by atoms with Crippen LogP contribution in [0.2, 0.25) is 0 Å². The number of hydrogen-bond acceptors (Lipinski definition) is 2. The first-order valence-corrected chi connectivity index (χ1v) is 9.08. The van der Waals surface area contributed by atoms with Crippen LogP contribution < -0.4 is 10.2 Å². The molecule has 28 heavy (non-hydrogen) atoms. The van der Waals surface area contributed by atoms with Gasteiger partial charge in [-0.05, 0) is 48.4 Å². The number of para-hydroxylation sites is 1. The van der Waals surface area contributed by atoms with Crippen molar-refractivity contribution in [2.24, 2.45) is 0 Å². The number of rotatable bonds is 3. The Bertz CT molecular complexity index is 1050. The molecule has 1 aliphatic rings. The quantitative estimate of drug-likeness (QED) is 0.741. The second-order valence-electron chi connectivity index (χ2n) is 6.84. The lowest BCUT2D eigenvalue weighted by Crippen LogP contribution is -2.45. The Hall–Kier alpha value is -3.47. The first-order valence-electron chi connectivity index (χ1n) is 9.08. The SMILES string of the molecule is Cc1ccc(NC(=O)[C@@H]2Cc3ccccc3N2C(=O)c2ccccc2)cc1F. The fourth-order valence-electron chi connectivity index (χ4n) is 3.46. The van der Waals surface area contributed by atoms with Crippen molar-refractivity contribution in [3.63, 3.8) is 0 Å². The summed E-state index contributed by atoms with van der Waals surface area (Å²) in [6.45, 7) is 1.66. The van der Waals surface area contributed by atoms with Crippen molar-refractivity contribution in [1.29, 1.82) is 0 Å². The molecule has 1 N–H and O–H groups in total. The molecule has 1 heterocycles. The van der Waals surface area contributed by atoms with Crippen LogP contribution in [-0.2, 0) is 11.2 Å². The molecule has 2 amide bonds. The highest BCUT2D eigenvalue weighted by molar-refractivity contribution is 6.13. The summed E-state index contributed by atoms with van der Waals surface area (Å²) in [5.41, 5.74) is 3.05. The van der Waals surface area contributed by atoms with Gasteiger partial charge >= 0.3 is 0 Å². The van der Waals surface area contributed by atoms with Gasteiger partial charge in [0.05, 0.1) is 0 Å². The number of benzene rings is 3. The topological polar surface area (TPSA) is 49.4 Å². The summed E-state index contributed by atoms with van der Waals surface area (Å²) in [4.78, 5) is 27.7. The van der Waals surface area contributed by atoms with Crippen LogP contribution in [-0.4, -0.2) is 17.9 Å². The maximum Gasteiger partial charge on any atom is 0.259 e. The molecule has 1 aliphatic heterocycles. The summed E-state index contributed by atoms with van der Waals surface area (Å²) in [6.07, 6.45) is 0.412. The number of nitrogens with zero attached hydrogens (tertiary/aromatic N) is 1. The molecule has 0 saturated carbocycles. The minimum absolute atomic E-state index is 0.235. The smallest absolute Gasteiger partial charge is 0.259 e. The van der Waals surface area contributed by atoms with Gasteiger partial charge in [0.2, 0.25) is 5.91 Å². The average molecular weight is 374 g/mol. The largest absolute Gasteiger partial charge is 0.324 e. The maximum absolute atomic E-state index is 13.8. The number of hydrogen-bond donors (Lipinski definition) is 1. The van der Waals surface area contributed by atoms with E-state index in [1.807, 2.05) is 30.3 Å². The summed E-state index contributed by atoms with van der Waals surface area (Å²) in [5.74, 6) is -0.964. The number of nitrogens with one attached hydrogen (secondary N) is 1. The van der Waals surface area contributed by atoms with Gasteiger partial charge in [-0.25, -0.2) is 4.39 Å². The Kier molecular flexibility index (Phi) is 4.65. The van der Waals surface area contributed by atoms with E-state index in [9.17, 15) is 14.0 Å². The number of carbonyl (C=O) groups excluding carboxylic acids is 2. The standard InChI is InChI=1S/C23H19FN2O2/c1-15-11-12-18(14-19(15)24)25-22(27)21-13-17-9-5-6-10-20(17)26(21)23(28)16-7-3-2-4-8-16/h2-12,14,21H,13H2,1H3,(H,25,27)/t21-/m0/s1. The second kappa shape index (κ2) is 7.27. The molecule has 5 heteroatoms. The summed E-state index contributed by atoms with van der Waals surface area (Å²) in [7, 11) is 0. The monoisotopic (exact) mass is 374 g/mol. The molecule has 0 bridgehead atoms. The number of fused-ring (bicyclic) bond motifs is 1. The molecule has 140 valence electrons. The number of amides is 2. The zero-order valence-corrected chi connectivity index (χ0v) is 15.4. The first-order chi connectivity index (χ1) is 13.5. The number of aryl methyl sites for hydroxylation is 1. The van der Waals surface area contributed by atoms with Crippen LogP contribution in [0.25, 0.3) is 0 Å². The van der Waals surface area contributed by atoms with Crippen LogP contribution in [0.15, 0.2) is 72.8 Å². The molecular formula is C23H19FN2O2. The Morgan fingerprint density at radius 1 is 1.00 bits per heavy atom. The molecule has 0 aromatic heterocycles. The van der Waals surface area contributed by atoms with Gasteiger partial charge in [-0.2, -0.15) is 0 Å². The van der Waals surface area contributed by atoms with Crippen LogP contribution in [0.1, 0.15) is 21.5 Å². The predicted molar refractivity (Wildman–Crippen MR) is 107 cm³/mol. The highest BCUT2D eigenvalue weighted by Gasteiger charge is 2.38. The third-order valence-electron chi connectivity index (χ3n) is 4.96. The van der Waals surface area contributed by atoms with Gasteiger partial charge in [-0.1, -0.05) is 42.5 Å². The van der Waals surface area contributed by atoms with E-state index in [0.717, 1.165) is 11.3 Å². The van der Waals surface area contributed by atoms with Crippen molar-refractivity contribution >= 4 is 23.2 Å². The van der Waals surface area contributed by atoms with E-state index in [1.165, 1.54) is 11.0 Å². The van der Waals surface area contributed by atoms with Crippen LogP contribution in [0.4, 0.5) is 15.8 Å². The lowest BCUT2D eigenvalue weighted by molar-refractivity contribution is -0.117. The van der Waals surface area contributed by atoms with E-state index >= 15 is 0 Å². The molecular weight excluding hydrogens is 355 g/mol. The van der Waals surface area contributed by atoms with Crippen LogP contribution in [0.5, 0.6) is 0 Å². The third-order valence-corrected chi connectivity index (χ3v) is 4.96. The second-order valence-corrected chi connectivity index (χ2v) is 6.84. The zero-order chi connectivity index (χ0) is 19.7. The number of halogens is 1. The lowest BCUT2D eigenvalue weighted by atomic mass is 10.1. The summed E-state index contributed by atoms with van der Waals surface area (Å²) >= 11 is 0. The van der Waals surface area contributed by atoms with Crippen LogP contribution in [0.3, 0.4) is 0 Å². The molecule has 0 aliphatic carbocycles. The number of carbonyl (C=O) groups is 2. The predicted octanol–water partition coefficient (Wildman–Crippen LogP) is 4.34. The normalized spacial score (nSPS) is 15.2. The van der Waals surface area contributed by atoms with E-state index < -0.39 is 6.04 Å². The Labute approximate surface area is 162 Å². The molecule has 3 aromatic carbocycles. The fraction of sp³-hybridized carbons (Fsp3) is 0.130. The molecule has 0 unspecified atom stereocenters. The zero-order valence-electron chi connectivity index (χ0n) is 15.4. The summed E-state index contributed by atoms with van der Waals surface area (Å²) in [6, 6.07) is 20.2. The van der Waals surface area contributed by atoms with E-state index in [2.05, 4.69) is 5.32 Å². The minimum atomic E-state index is -0.700. The van der Waals surface area contributed by atoms with Crippen LogP contribution in [0, 0.1) is 12.7 Å². The summed E-state index contributed by atoms with van der Waals surface area (Å²) in [5, 5.41) is 2.75.